The molecule has 2 N–H and O–H groups in total. The summed E-state index contributed by atoms with van der Waals surface area (Å²) in [6.45, 7) is 1.71. The minimum Gasteiger partial charge on any atom is -0.362 e. The van der Waals surface area contributed by atoms with Gasteiger partial charge in [-0.15, -0.1) is 0 Å². The second kappa shape index (κ2) is 14.0. The fourth-order valence-corrected chi connectivity index (χ4v) is 6.95. The van der Waals surface area contributed by atoms with E-state index in [-0.39, 0.29) is 12.4 Å². The van der Waals surface area contributed by atoms with Crippen molar-refractivity contribution in [3.8, 4) is 0 Å². The summed E-state index contributed by atoms with van der Waals surface area (Å²) >= 11 is 1.54. The molecular weight excluding hydrogens is 608 g/mol. The SMILES string of the molecule is Fc1cccnc1CNc1ncnc2sc(CCNCCc3nccn3C(c3ccccc3)(c3ccccc3)c3ccccc3)nc12. The third kappa shape index (κ3) is 6.25. The van der Waals surface area contributed by atoms with Crippen molar-refractivity contribution in [3.05, 3.63) is 167 Å². The summed E-state index contributed by atoms with van der Waals surface area (Å²) in [6, 6.07) is 34.9. The van der Waals surface area contributed by atoms with E-state index in [4.69, 9.17) is 9.97 Å². The number of fused-ring (bicyclic) bond motifs is 1. The lowest BCUT2D eigenvalue weighted by Gasteiger charge is -2.38. The van der Waals surface area contributed by atoms with Crippen molar-refractivity contribution in [2.45, 2.75) is 24.9 Å². The first-order valence-electron chi connectivity index (χ1n) is 15.6. The summed E-state index contributed by atoms with van der Waals surface area (Å²) in [5.41, 5.74) is 3.93. The van der Waals surface area contributed by atoms with Crippen molar-refractivity contribution in [1.29, 1.82) is 0 Å². The molecule has 0 aliphatic heterocycles. The van der Waals surface area contributed by atoms with Crippen molar-refractivity contribution in [3.63, 3.8) is 0 Å². The molecule has 0 aliphatic carbocycles. The second-order valence-corrected chi connectivity index (χ2v) is 12.1. The van der Waals surface area contributed by atoms with Crippen molar-refractivity contribution in [2.75, 3.05) is 18.4 Å². The van der Waals surface area contributed by atoms with Gasteiger partial charge in [0.25, 0.3) is 0 Å². The zero-order valence-electron chi connectivity index (χ0n) is 25.6. The molecule has 7 rings (SSSR count). The van der Waals surface area contributed by atoms with Crippen LogP contribution in [0.15, 0.2) is 128 Å². The van der Waals surface area contributed by atoms with Gasteiger partial charge in [0.15, 0.2) is 5.82 Å². The number of nitrogens with zero attached hydrogens (tertiary/aromatic N) is 6. The van der Waals surface area contributed by atoms with E-state index in [1.807, 2.05) is 6.20 Å². The highest BCUT2D eigenvalue weighted by Gasteiger charge is 2.39. The highest BCUT2D eigenvalue weighted by atomic mass is 32.1. The zero-order valence-corrected chi connectivity index (χ0v) is 26.4. The number of nitrogens with one attached hydrogen (secondary N) is 2. The van der Waals surface area contributed by atoms with Crippen molar-refractivity contribution >= 4 is 27.5 Å². The lowest BCUT2D eigenvalue weighted by Crippen LogP contribution is -2.39. The molecular formula is C37H33FN8S. The van der Waals surface area contributed by atoms with Crippen LogP contribution in [-0.4, -0.2) is 42.6 Å². The van der Waals surface area contributed by atoms with E-state index < -0.39 is 5.54 Å². The molecule has 47 heavy (non-hydrogen) atoms. The molecule has 0 amide bonds. The number of hydrogen-bond acceptors (Lipinski definition) is 8. The molecule has 234 valence electrons. The van der Waals surface area contributed by atoms with Gasteiger partial charge in [0.05, 0.1) is 17.2 Å². The number of pyridine rings is 1. The van der Waals surface area contributed by atoms with Gasteiger partial charge in [0.1, 0.15) is 33.9 Å². The maximum absolute atomic E-state index is 14.1. The van der Waals surface area contributed by atoms with Crippen molar-refractivity contribution < 1.29 is 4.39 Å². The van der Waals surface area contributed by atoms with E-state index in [0.717, 1.165) is 41.6 Å². The number of thiazole rings is 1. The van der Waals surface area contributed by atoms with E-state index in [2.05, 4.69) is 127 Å². The first-order chi connectivity index (χ1) is 23.2. The number of rotatable bonds is 13. The van der Waals surface area contributed by atoms with Gasteiger partial charge < -0.3 is 15.2 Å². The molecule has 0 bridgehead atoms. The molecule has 0 radical (unpaired) electrons. The number of aromatic nitrogens is 6. The maximum atomic E-state index is 14.1. The Labute approximate surface area is 276 Å². The molecule has 4 heterocycles. The van der Waals surface area contributed by atoms with E-state index in [1.165, 1.54) is 29.1 Å². The third-order valence-electron chi connectivity index (χ3n) is 8.19. The number of imidazole rings is 1. The Hall–Kier alpha value is -5.32. The van der Waals surface area contributed by atoms with Crippen LogP contribution >= 0.6 is 11.3 Å². The smallest absolute Gasteiger partial charge is 0.157 e. The fraction of sp³-hybridized carbons (Fsp3) is 0.162. The van der Waals surface area contributed by atoms with Gasteiger partial charge in [-0.2, -0.15) is 0 Å². The van der Waals surface area contributed by atoms with Crippen LogP contribution in [0, 0.1) is 5.82 Å². The molecule has 0 spiro atoms. The van der Waals surface area contributed by atoms with Crippen LogP contribution in [0.1, 0.15) is 33.2 Å². The van der Waals surface area contributed by atoms with Crippen LogP contribution < -0.4 is 10.6 Å². The standard InChI is InChI=1S/C37H33FN8S/c38-30-17-10-20-40-31(30)25-42-35-34-36(44-26-43-35)47-33(45-34)19-22-39-21-18-32-41-23-24-46(32)37(27-11-4-1-5-12-27,28-13-6-2-7-14-28)29-15-8-3-9-16-29/h1-17,20,23-24,26,39H,18-19,21-22,25H2,(H,42,43,44). The lowest BCUT2D eigenvalue weighted by molar-refractivity contribution is 0.487. The predicted octanol–water partition coefficient (Wildman–Crippen LogP) is 6.64. The van der Waals surface area contributed by atoms with Crippen LogP contribution in [0.5, 0.6) is 0 Å². The summed E-state index contributed by atoms with van der Waals surface area (Å²) in [6.07, 6.45) is 8.55. The van der Waals surface area contributed by atoms with E-state index >= 15 is 0 Å². The third-order valence-corrected chi connectivity index (χ3v) is 9.22. The molecule has 4 aromatic heterocycles. The molecule has 7 aromatic rings. The van der Waals surface area contributed by atoms with Crippen molar-refractivity contribution in [2.24, 2.45) is 0 Å². The Morgan fingerprint density at radius 2 is 1.36 bits per heavy atom. The van der Waals surface area contributed by atoms with Gasteiger partial charge >= 0.3 is 0 Å². The topological polar surface area (TPSA) is 93.4 Å². The van der Waals surface area contributed by atoms with Gasteiger partial charge in [0, 0.05) is 44.5 Å². The molecule has 3 aromatic carbocycles. The normalized spacial score (nSPS) is 11.6. The number of anilines is 1. The Bertz CT molecular complexity index is 1950. The van der Waals surface area contributed by atoms with Crippen LogP contribution in [0.4, 0.5) is 10.2 Å². The van der Waals surface area contributed by atoms with Crippen molar-refractivity contribution in [1.82, 2.24) is 34.8 Å². The Morgan fingerprint density at radius 1 is 0.702 bits per heavy atom. The Kier molecular flexibility index (Phi) is 9.03. The molecule has 0 saturated heterocycles. The highest BCUT2D eigenvalue weighted by molar-refractivity contribution is 7.18. The van der Waals surface area contributed by atoms with Crippen LogP contribution in [-0.2, 0) is 24.9 Å². The molecule has 0 saturated carbocycles. The molecule has 8 nitrogen and oxygen atoms in total. The lowest BCUT2D eigenvalue weighted by atomic mass is 9.76. The minimum absolute atomic E-state index is 0.211. The van der Waals surface area contributed by atoms with Gasteiger partial charge in [-0.1, -0.05) is 102 Å². The molecule has 0 unspecified atom stereocenters. The fourth-order valence-electron chi connectivity index (χ4n) is 6.05. The van der Waals surface area contributed by atoms with Gasteiger partial charge in [-0.05, 0) is 28.8 Å². The number of hydrogen-bond donors (Lipinski definition) is 2. The number of halogens is 1. The summed E-state index contributed by atoms with van der Waals surface area (Å²) < 4.78 is 16.4. The van der Waals surface area contributed by atoms with Gasteiger partial charge in [-0.3, -0.25) is 4.98 Å². The van der Waals surface area contributed by atoms with Crippen LogP contribution in [0.25, 0.3) is 10.3 Å². The highest BCUT2D eigenvalue weighted by Crippen LogP contribution is 2.41. The molecule has 0 aliphatic rings. The largest absolute Gasteiger partial charge is 0.362 e. The quantitative estimate of drug-likeness (QED) is 0.108. The van der Waals surface area contributed by atoms with E-state index in [0.29, 0.717) is 17.0 Å². The first kappa shape index (κ1) is 30.3. The monoisotopic (exact) mass is 640 g/mol. The van der Waals surface area contributed by atoms with Crippen LogP contribution in [0.3, 0.4) is 0 Å². The maximum Gasteiger partial charge on any atom is 0.157 e. The van der Waals surface area contributed by atoms with E-state index in [9.17, 15) is 4.39 Å². The summed E-state index contributed by atoms with van der Waals surface area (Å²) in [5.74, 6) is 1.20. The average Bonchev–Trinajstić information content (AvgIpc) is 3.77. The molecule has 0 fully saturated rings. The summed E-state index contributed by atoms with van der Waals surface area (Å²) in [5, 5.41) is 7.72. The predicted molar refractivity (Wildman–Crippen MR) is 184 cm³/mol. The molecule has 0 atom stereocenters. The van der Waals surface area contributed by atoms with E-state index in [1.54, 1.807) is 23.6 Å². The summed E-state index contributed by atoms with van der Waals surface area (Å²) in [4.78, 5) is 23.3. The minimum atomic E-state index is -0.592. The zero-order chi connectivity index (χ0) is 31.9. The van der Waals surface area contributed by atoms with Crippen LogP contribution in [0.2, 0.25) is 0 Å². The Morgan fingerprint density at radius 3 is 2.02 bits per heavy atom. The molecule has 10 heteroatoms. The second-order valence-electron chi connectivity index (χ2n) is 11.0. The Balaban J connectivity index is 1.06. The first-order valence-corrected chi connectivity index (χ1v) is 16.4. The van der Waals surface area contributed by atoms with Gasteiger partial charge in [0.2, 0.25) is 0 Å². The number of benzene rings is 3. The summed E-state index contributed by atoms with van der Waals surface area (Å²) in [7, 11) is 0. The van der Waals surface area contributed by atoms with Gasteiger partial charge in [-0.25, -0.2) is 24.3 Å². The average molecular weight is 641 g/mol.